The molecule has 1 unspecified atom stereocenters. The molecule has 0 aliphatic heterocycles. The summed E-state index contributed by atoms with van der Waals surface area (Å²) in [7, 11) is 1.93. The summed E-state index contributed by atoms with van der Waals surface area (Å²) in [5.74, 6) is -0.194. The third-order valence-corrected chi connectivity index (χ3v) is 5.01. The average Bonchev–Trinajstić information content (AvgIpc) is 3.27. The number of likely N-dealkylation sites (N-methyl/N-ethyl adjacent to an activating group) is 1. The first-order chi connectivity index (χ1) is 12.0. The predicted molar refractivity (Wildman–Crippen MR) is 95.3 cm³/mol. The van der Waals surface area contributed by atoms with E-state index in [-0.39, 0.29) is 17.8 Å². The molecule has 0 saturated heterocycles. The predicted octanol–water partition coefficient (Wildman–Crippen LogP) is 3.09. The van der Waals surface area contributed by atoms with Crippen molar-refractivity contribution >= 4 is 5.91 Å². The summed E-state index contributed by atoms with van der Waals surface area (Å²) >= 11 is 0. The number of rotatable bonds is 6. The fourth-order valence-electron chi connectivity index (χ4n) is 3.30. The number of halogens is 1. The molecule has 1 saturated carbocycles. The van der Waals surface area contributed by atoms with Crippen molar-refractivity contribution in [2.45, 2.75) is 51.2 Å². The Morgan fingerprint density at radius 3 is 2.72 bits per heavy atom. The number of nitrogens with zero attached hydrogens (tertiary/aromatic N) is 2. The summed E-state index contributed by atoms with van der Waals surface area (Å²) in [4.78, 5) is 14.4. The van der Waals surface area contributed by atoms with E-state index in [1.807, 2.05) is 18.9 Å². The maximum absolute atomic E-state index is 13.1. The topological polar surface area (TPSA) is 61.0 Å². The van der Waals surface area contributed by atoms with Gasteiger partial charge in [-0.2, -0.15) is 5.10 Å². The zero-order valence-electron chi connectivity index (χ0n) is 14.8. The molecule has 1 atom stereocenters. The zero-order valence-corrected chi connectivity index (χ0v) is 14.8. The van der Waals surface area contributed by atoms with Gasteiger partial charge in [0, 0.05) is 23.7 Å². The molecule has 1 heterocycles. The highest BCUT2D eigenvalue weighted by Gasteiger charge is 2.24. The van der Waals surface area contributed by atoms with Crippen LogP contribution >= 0.6 is 0 Å². The number of carbonyl (C=O) groups excluding carboxylic acids is 1. The molecule has 1 aliphatic carbocycles. The first-order valence-corrected chi connectivity index (χ1v) is 8.83. The standard InChI is InChI=1S/C19H25FN4O/c1-13(19(25)22-17-5-3-4-6-17)24(2)12-15-11-21-23-18(15)14-7-9-16(20)10-8-14/h7-11,13,17H,3-6,12H2,1-2H3,(H,21,23)(H,22,25). The van der Waals surface area contributed by atoms with E-state index in [0.717, 1.165) is 29.7 Å². The molecular formula is C19H25FN4O. The molecule has 2 aromatic rings. The molecule has 2 N–H and O–H groups in total. The van der Waals surface area contributed by atoms with Crippen molar-refractivity contribution in [2.75, 3.05) is 7.05 Å². The lowest BCUT2D eigenvalue weighted by Gasteiger charge is -2.25. The summed E-state index contributed by atoms with van der Waals surface area (Å²) in [6.07, 6.45) is 6.32. The summed E-state index contributed by atoms with van der Waals surface area (Å²) in [5, 5.41) is 10.2. The fourth-order valence-corrected chi connectivity index (χ4v) is 3.30. The maximum atomic E-state index is 13.1. The van der Waals surface area contributed by atoms with Crippen molar-refractivity contribution in [1.82, 2.24) is 20.4 Å². The minimum absolute atomic E-state index is 0.0706. The minimum Gasteiger partial charge on any atom is -0.352 e. The van der Waals surface area contributed by atoms with Crippen molar-refractivity contribution in [3.8, 4) is 11.3 Å². The van der Waals surface area contributed by atoms with E-state index in [4.69, 9.17) is 0 Å². The monoisotopic (exact) mass is 344 g/mol. The van der Waals surface area contributed by atoms with Gasteiger partial charge in [0.25, 0.3) is 0 Å². The average molecular weight is 344 g/mol. The van der Waals surface area contributed by atoms with E-state index < -0.39 is 0 Å². The van der Waals surface area contributed by atoms with Gasteiger partial charge in [-0.25, -0.2) is 4.39 Å². The van der Waals surface area contributed by atoms with Gasteiger partial charge >= 0.3 is 0 Å². The van der Waals surface area contributed by atoms with Crippen LogP contribution in [0.15, 0.2) is 30.5 Å². The molecule has 0 spiro atoms. The largest absolute Gasteiger partial charge is 0.352 e. The molecule has 1 aliphatic rings. The highest BCUT2D eigenvalue weighted by molar-refractivity contribution is 5.81. The highest BCUT2D eigenvalue weighted by Crippen LogP contribution is 2.23. The maximum Gasteiger partial charge on any atom is 0.237 e. The third kappa shape index (κ3) is 4.25. The summed E-state index contributed by atoms with van der Waals surface area (Å²) in [6, 6.07) is 6.41. The summed E-state index contributed by atoms with van der Waals surface area (Å²) < 4.78 is 13.1. The van der Waals surface area contributed by atoms with Crippen LogP contribution in [0.1, 0.15) is 38.2 Å². The number of aromatic amines is 1. The number of carbonyl (C=O) groups is 1. The summed E-state index contributed by atoms with van der Waals surface area (Å²) in [5.41, 5.74) is 2.72. The minimum atomic E-state index is -0.265. The van der Waals surface area contributed by atoms with Crippen LogP contribution in [0.2, 0.25) is 0 Å². The Bertz CT molecular complexity index is 706. The van der Waals surface area contributed by atoms with Gasteiger partial charge in [-0.1, -0.05) is 12.8 Å². The lowest BCUT2D eigenvalue weighted by molar-refractivity contribution is -0.126. The van der Waals surface area contributed by atoms with Gasteiger partial charge in [-0.3, -0.25) is 14.8 Å². The molecule has 6 heteroatoms. The molecule has 134 valence electrons. The van der Waals surface area contributed by atoms with E-state index in [1.54, 1.807) is 18.3 Å². The quantitative estimate of drug-likeness (QED) is 0.846. The normalized spacial score (nSPS) is 16.3. The van der Waals surface area contributed by atoms with Crippen LogP contribution in [0.5, 0.6) is 0 Å². The van der Waals surface area contributed by atoms with E-state index in [1.165, 1.54) is 25.0 Å². The zero-order chi connectivity index (χ0) is 17.8. The molecule has 1 fully saturated rings. The molecule has 1 aromatic heterocycles. The van der Waals surface area contributed by atoms with Crippen LogP contribution in [-0.4, -0.2) is 40.1 Å². The first kappa shape index (κ1) is 17.6. The second-order valence-corrected chi connectivity index (χ2v) is 6.86. The van der Waals surface area contributed by atoms with Crippen molar-refractivity contribution < 1.29 is 9.18 Å². The van der Waals surface area contributed by atoms with Crippen LogP contribution < -0.4 is 5.32 Å². The van der Waals surface area contributed by atoms with Crippen molar-refractivity contribution in [2.24, 2.45) is 0 Å². The fraction of sp³-hybridized carbons (Fsp3) is 0.474. The molecule has 0 radical (unpaired) electrons. The molecule has 1 amide bonds. The Balaban J connectivity index is 1.64. The Labute approximate surface area is 147 Å². The first-order valence-electron chi connectivity index (χ1n) is 8.83. The Kier molecular flexibility index (Phi) is 5.48. The van der Waals surface area contributed by atoms with Gasteiger partial charge in [0.2, 0.25) is 5.91 Å². The number of amides is 1. The smallest absolute Gasteiger partial charge is 0.237 e. The van der Waals surface area contributed by atoms with Crippen molar-refractivity contribution in [3.05, 3.63) is 41.8 Å². The molecule has 25 heavy (non-hydrogen) atoms. The van der Waals surface area contributed by atoms with E-state index in [2.05, 4.69) is 15.5 Å². The van der Waals surface area contributed by atoms with Gasteiger partial charge in [-0.15, -0.1) is 0 Å². The number of H-pyrrole nitrogens is 1. The van der Waals surface area contributed by atoms with E-state index >= 15 is 0 Å². The molecular weight excluding hydrogens is 319 g/mol. The van der Waals surface area contributed by atoms with Gasteiger partial charge in [0.15, 0.2) is 0 Å². The van der Waals surface area contributed by atoms with Crippen molar-refractivity contribution in [3.63, 3.8) is 0 Å². The van der Waals surface area contributed by atoms with Crippen LogP contribution in [0, 0.1) is 5.82 Å². The van der Waals surface area contributed by atoms with Crippen LogP contribution in [-0.2, 0) is 11.3 Å². The lowest BCUT2D eigenvalue weighted by Crippen LogP contribution is -2.46. The van der Waals surface area contributed by atoms with Gasteiger partial charge < -0.3 is 5.32 Å². The van der Waals surface area contributed by atoms with Crippen LogP contribution in [0.25, 0.3) is 11.3 Å². The SMILES string of the molecule is CC(C(=O)NC1CCCC1)N(C)Cc1cn[nH]c1-c1ccc(F)cc1. The van der Waals surface area contributed by atoms with E-state index in [0.29, 0.717) is 12.6 Å². The second-order valence-electron chi connectivity index (χ2n) is 6.86. The Morgan fingerprint density at radius 2 is 2.04 bits per heavy atom. The Morgan fingerprint density at radius 1 is 1.36 bits per heavy atom. The molecule has 0 bridgehead atoms. The van der Waals surface area contributed by atoms with Crippen molar-refractivity contribution in [1.29, 1.82) is 0 Å². The number of hydrogen-bond donors (Lipinski definition) is 2. The lowest BCUT2D eigenvalue weighted by atomic mass is 10.1. The highest BCUT2D eigenvalue weighted by atomic mass is 19.1. The molecule has 3 rings (SSSR count). The van der Waals surface area contributed by atoms with Gasteiger partial charge in [0.1, 0.15) is 5.82 Å². The molecule has 5 nitrogen and oxygen atoms in total. The van der Waals surface area contributed by atoms with Crippen LogP contribution in [0.3, 0.4) is 0 Å². The van der Waals surface area contributed by atoms with Gasteiger partial charge in [0.05, 0.1) is 17.9 Å². The summed E-state index contributed by atoms with van der Waals surface area (Å²) in [6.45, 7) is 2.50. The molecule has 1 aromatic carbocycles. The van der Waals surface area contributed by atoms with Crippen LogP contribution in [0.4, 0.5) is 4.39 Å². The number of benzene rings is 1. The number of hydrogen-bond acceptors (Lipinski definition) is 3. The third-order valence-electron chi connectivity index (χ3n) is 5.01. The second kappa shape index (κ2) is 7.78. The van der Waals surface area contributed by atoms with Gasteiger partial charge in [-0.05, 0) is 51.1 Å². The van der Waals surface area contributed by atoms with E-state index in [9.17, 15) is 9.18 Å². The number of nitrogens with one attached hydrogen (secondary N) is 2. The number of aromatic nitrogens is 2. The Hall–Kier alpha value is -2.21.